The van der Waals surface area contributed by atoms with Crippen molar-refractivity contribution in [2.24, 2.45) is 0 Å². The van der Waals surface area contributed by atoms with Crippen molar-refractivity contribution in [2.75, 3.05) is 18.6 Å². The summed E-state index contributed by atoms with van der Waals surface area (Å²) in [6.45, 7) is 9.05. The van der Waals surface area contributed by atoms with Crippen molar-refractivity contribution >= 4 is 22.6 Å². The number of nitrogens with zero attached hydrogens (tertiary/aromatic N) is 3. The summed E-state index contributed by atoms with van der Waals surface area (Å²) in [5.41, 5.74) is 1.12. The average Bonchev–Trinajstić information content (AvgIpc) is 3.15. The highest BCUT2D eigenvalue weighted by atomic mass is 32.1. The summed E-state index contributed by atoms with van der Waals surface area (Å²) in [5, 5.41) is 3.91. The smallest absolute Gasteiger partial charge is 0.221 e. The van der Waals surface area contributed by atoms with Gasteiger partial charge < -0.3 is 15.0 Å². The Bertz CT molecular complexity index is 750. The molecule has 0 bridgehead atoms. The third-order valence-corrected chi connectivity index (χ3v) is 5.71. The summed E-state index contributed by atoms with van der Waals surface area (Å²) in [5.74, 6) is 1.72. The van der Waals surface area contributed by atoms with Crippen LogP contribution in [0.15, 0.2) is 24.3 Å². The molecule has 0 saturated heterocycles. The molecule has 0 unspecified atom stereocenters. The Hall–Kier alpha value is -2.15. The second-order valence-corrected chi connectivity index (χ2v) is 7.83. The van der Waals surface area contributed by atoms with Crippen molar-refractivity contribution in [1.82, 2.24) is 14.7 Å². The van der Waals surface area contributed by atoms with E-state index >= 15 is 0 Å². The number of hydrogen-bond donors (Lipinski definition) is 1. The van der Waals surface area contributed by atoms with Crippen LogP contribution in [0.1, 0.15) is 58.3 Å². The second-order valence-electron chi connectivity index (χ2n) is 7.10. The zero-order chi connectivity index (χ0) is 20.5. The summed E-state index contributed by atoms with van der Waals surface area (Å²) in [7, 11) is 1.67. The fourth-order valence-corrected chi connectivity index (χ4v) is 3.61. The number of carbonyl (C=O) groups excluding carboxylic acids is 1. The molecule has 1 N–H and O–H groups in total. The van der Waals surface area contributed by atoms with Gasteiger partial charge in [-0.1, -0.05) is 26.0 Å². The average molecular weight is 405 g/mol. The molecule has 2 atom stereocenters. The molecule has 0 aliphatic heterocycles. The molecule has 0 fully saturated rings. The van der Waals surface area contributed by atoms with Crippen molar-refractivity contribution < 1.29 is 9.53 Å². The summed E-state index contributed by atoms with van der Waals surface area (Å²) < 4.78 is 9.83. The van der Waals surface area contributed by atoms with Crippen LogP contribution in [0.4, 0.5) is 5.13 Å². The highest BCUT2D eigenvalue weighted by Crippen LogP contribution is 2.23. The van der Waals surface area contributed by atoms with Crippen molar-refractivity contribution in [2.45, 2.75) is 65.5 Å². The van der Waals surface area contributed by atoms with Gasteiger partial charge in [-0.3, -0.25) is 4.79 Å². The molecule has 0 spiro atoms. The predicted molar refractivity (Wildman–Crippen MR) is 115 cm³/mol. The van der Waals surface area contributed by atoms with Crippen LogP contribution in [-0.2, 0) is 11.2 Å². The van der Waals surface area contributed by atoms with Crippen LogP contribution >= 0.6 is 11.5 Å². The summed E-state index contributed by atoms with van der Waals surface area (Å²) in [4.78, 5) is 19.1. The Morgan fingerprint density at radius 2 is 2.07 bits per heavy atom. The molecule has 0 saturated carbocycles. The van der Waals surface area contributed by atoms with E-state index in [1.165, 1.54) is 11.5 Å². The lowest BCUT2D eigenvalue weighted by Gasteiger charge is -2.27. The monoisotopic (exact) mass is 404 g/mol. The van der Waals surface area contributed by atoms with Crippen LogP contribution in [0.2, 0.25) is 0 Å². The number of methoxy groups -OCH3 is 1. The number of anilines is 1. The minimum absolute atomic E-state index is 0.0868. The molecule has 0 radical (unpaired) electrons. The quantitative estimate of drug-likeness (QED) is 0.612. The molecule has 1 aromatic carbocycles. The van der Waals surface area contributed by atoms with E-state index < -0.39 is 0 Å². The molecule has 0 aliphatic carbocycles. The lowest BCUT2D eigenvalue weighted by atomic mass is 10.1. The first-order valence-electron chi connectivity index (χ1n) is 9.98. The first-order valence-corrected chi connectivity index (χ1v) is 10.8. The maximum atomic E-state index is 12.2. The Labute approximate surface area is 172 Å². The summed E-state index contributed by atoms with van der Waals surface area (Å²) in [6.07, 6.45) is 3.04. The van der Waals surface area contributed by atoms with Crippen LogP contribution in [0, 0.1) is 0 Å². The Balaban J connectivity index is 2.05. The Morgan fingerprint density at radius 1 is 1.29 bits per heavy atom. The molecule has 2 aromatic rings. The number of aromatic nitrogens is 2. The zero-order valence-corrected chi connectivity index (χ0v) is 18.4. The Kier molecular flexibility index (Phi) is 8.70. The number of amides is 1. The van der Waals surface area contributed by atoms with Gasteiger partial charge in [0, 0.05) is 43.0 Å². The van der Waals surface area contributed by atoms with Crippen LogP contribution < -0.4 is 15.0 Å². The van der Waals surface area contributed by atoms with Crippen LogP contribution in [0.25, 0.3) is 0 Å². The SMILES string of the molecule is CC[C@@H](C)N(CCC(=O)N[C@@H](C)CC)c1nc(Cc2cccc(OC)c2)ns1. The highest BCUT2D eigenvalue weighted by molar-refractivity contribution is 7.09. The van der Waals surface area contributed by atoms with E-state index in [1.54, 1.807) is 7.11 Å². The van der Waals surface area contributed by atoms with E-state index in [9.17, 15) is 4.79 Å². The van der Waals surface area contributed by atoms with Crippen LogP contribution in [0.3, 0.4) is 0 Å². The topological polar surface area (TPSA) is 67.4 Å². The van der Waals surface area contributed by atoms with Gasteiger partial charge in [0.25, 0.3) is 0 Å². The van der Waals surface area contributed by atoms with Gasteiger partial charge in [0.15, 0.2) is 0 Å². The number of carbonyl (C=O) groups is 1. The van der Waals surface area contributed by atoms with E-state index in [-0.39, 0.29) is 11.9 Å². The van der Waals surface area contributed by atoms with E-state index in [0.29, 0.717) is 25.4 Å². The van der Waals surface area contributed by atoms with Crippen molar-refractivity contribution in [1.29, 1.82) is 0 Å². The number of hydrogen-bond acceptors (Lipinski definition) is 6. The van der Waals surface area contributed by atoms with Crippen molar-refractivity contribution in [3.8, 4) is 5.75 Å². The third-order valence-electron chi connectivity index (χ3n) is 4.92. The maximum absolute atomic E-state index is 12.2. The summed E-state index contributed by atoms with van der Waals surface area (Å²) >= 11 is 1.40. The normalized spacial score (nSPS) is 13.0. The number of rotatable bonds is 11. The lowest BCUT2D eigenvalue weighted by molar-refractivity contribution is -0.121. The first kappa shape index (κ1) is 22.1. The van der Waals surface area contributed by atoms with Crippen molar-refractivity contribution in [3.63, 3.8) is 0 Å². The molecule has 28 heavy (non-hydrogen) atoms. The maximum Gasteiger partial charge on any atom is 0.221 e. The van der Waals surface area contributed by atoms with E-state index in [1.807, 2.05) is 25.1 Å². The molecule has 0 aliphatic rings. The molecule has 2 rings (SSSR count). The molecular formula is C21H32N4O2S. The molecule has 1 aromatic heterocycles. The molecule has 7 heteroatoms. The first-order chi connectivity index (χ1) is 13.5. The Morgan fingerprint density at radius 3 is 2.75 bits per heavy atom. The number of ether oxygens (including phenoxy) is 1. The minimum Gasteiger partial charge on any atom is -0.497 e. The second kappa shape index (κ2) is 11.0. The predicted octanol–water partition coefficient (Wildman–Crippen LogP) is 4.05. The van der Waals surface area contributed by atoms with Gasteiger partial charge in [0.05, 0.1) is 7.11 Å². The fourth-order valence-electron chi connectivity index (χ4n) is 2.79. The van der Waals surface area contributed by atoms with Gasteiger partial charge >= 0.3 is 0 Å². The van der Waals surface area contributed by atoms with Gasteiger partial charge in [-0.05, 0) is 44.4 Å². The van der Waals surface area contributed by atoms with Gasteiger partial charge in [0.2, 0.25) is 11.0 Å². The lowest BCUT2D eigenvalue weighted by Crippen LogP contribution is -2.38. The molecule has 1 heterocycles. The van der Waals surface area contributed by atoms with Gasteiger partial charge in [-0.2, -0.15) is 4.37 Å². The van der Waals surface area contributed by atoms with Gasteiger partial charge in [-0.25, -0.2) is 4.98 Å². The molecule has 1 amide bonds. The number of benzene rings is 1. The van der Waals surface area contributed by atoms with Gasteiger partial charge in [-0.15, -0.1) is 0 Å². The van der Waals surface area contributed by atoms with E-state index in [4.69, 9.17) is 9.72 Å². The molecule has 154 valence electrons. The van der Waals surface area contributed by atoms with Gasteiger partial charge in [0.1, 0.15) is 11.6 Å². The van der Waals surface area contributed by atoms with E-state index in [2.05, 4.69) is 41.4 Å². The fraction of sp³-hybridized carbons (Fsp3) is 0.571. The highest BCUT2D eigenvalue weighted by Gasteiger charge is 2.19. The minimum atomic E-state index is 0.0868. The zero-order valence-electron chi connectivity index (χ0n) is 17.6. The van der Waals surface area contributed by atoms with Crippen molar-refractivity contribution in [3.05, 3.63) is 35.7 Å². The third kappa shape index (κ3) is 6.48. The van der Waals surface area contributed by atoms with Crippen LogP contribution in [0.5, 0.6) is 5.75 Å². The van der Waals surface area contributed by atoms with E-state index in [0.717, 1.165) is 35.1 Å². The summed E-state index contributed by atoms with van der Waals surface area (Å²) in [6, 6.07) is 8.47. The van der Waals surface area contributed by atoms with Crippen LogP contribution in [-0.4, -0.2) is 41.0 Å². The standard InChI is InChI=1S/C21H32N4O2S/c1-6-15(3)22-20(26)11-12-25(16(4)7-2)21-23-19(24-28-21)14-17-9-8-10-18(13-17)27-5/h8-10,13,15-16H,6-7,11-12,14H2,1-5H3,(H,22,26)/t15-,16+/m0/s1. The molecule has 6 nitrogen and oxygen atoms in total. The molecular weight excluding hydrogens is 372 g/mol. The largest absolute Gasteiger partial charge is 0.497 e. The number of nitrogens with one attached hydrogen (secondary N) is 1.